The second-order valence-electron chi connectivity index (χ2n) is 4.23. The van der Waals surface area contributed by atoms with Gasteiger partial charge in [-0.2, -0.15) is 4.37 Å². The van der Waals surface area contributed by atoms with Crippen molar-refractivity contribution in [2.24, 2.45) is 0 Å². The second-order valence-corrected chi connectivity index (χ2v) is 4.79. The molecule has 0 aliphatic heterocycles. The van der Waals surface area contributed by atoms with Crippen LogP contribution in [0, 0.1) is 0 Å². The molecule has 110 valence electrons. The highest BCUT2D eigenvalue weighted by Gasteiger charge is 2.05. The summed E-state index contributed by atoms with van der Waals surface area (Å²) in [6.45, 7) is 5.33. The molecule has 19 heavy (non-hydrogen) atoms. The molecule has 1 aromatic heterocycles. The van der Waals surface area contributed by atoms with Gasteiger partial charge in [-0.05, 0) is 19.4 Å². The predicted molar refractivity (Wildman–Crippen MR) is 74.6 cm³/mol. The molecule has 6 nitrogen and oxygen atoms in total. The topological polar surface area (TPSA) is 76.5 Å². The van der Waals surface area contributed by atoms with Gasteiger partial charge in [-0.25, -0.2) is 0 Å². The maximum Gasteiger partial charge on any atom is 0.245 e. The van der Waals surface area contributed by atoms with Crippen LogP contribution in [0.4, 0.5) is 0 Å². The number of ether oxygens (including phenoxy) is 2. The van der Waals surface area contributed by atoms with E-state index in [1.807, 2.05) is 0 Å². The Morgan fingerprint density at radius 1 is 1.42 bits per heavy atom. The summed E-state index contributed by atoms with van der Waals surface area (Å²) in [6, 6.07) is 0. The van der Waals surface area contributed by atoms with Gasteiger partial charge in [0.1, 0.15) is 18.9 Å². The van der Waals surface area contributed by atoms with Crippen molar-refractivity contribution < 1.29 is 14.6 Å². The van der Waals surface area contributed by atoms with Gasteiger partial charge >= 0.3 is 0 Å². The van der Waals surface area contributed by atoms with E-state index in [1.165, 1.54) is 6.42 Å². The summed E-state index contributed by atoms with van der Waals surface area (Å²) in [5.41, 5.74) is 0. The number of nitrogens with zero attached hydrogens (tertiary/aromatic N) is 2. The number of unbranched alkanes of at least 4 members (excludes halogenated alkanes) is 1. The molecular weight excluding hydrogens is 266 g/mol. The fourth-order valence-electron chi connectivity index (χ4n) is 1.38. The highest BCUT2D eigenvalue weighted by Crippen LogP contribution is 2.04. The number of aliphatic hydroxyl groups is 1. The molecule has 0 saturated carbocycles. The van der Waals surface area contributed by atoms with Crippen LogP contribution in [0.5, 0.6) is 5.88 Å². The fourth-order valence-corrected chi connectivity index (χ4v) is 1.74. The van der Waals surface area contributed by atoms with Gasteiger partial charge in [0.2, 0.25) is 5.88 Å². The van der Waals surface area contributed by atoms with E-state index in [0.717, 1.165) is 44.3 Å². The average molecular weight is 289 g/mol. The number of nitrogens with one attached hydrogen (secondary N) is 1. The summed E-state index contributed by atoms with van der Waals surface area (Å²) in [5.74, 6) is 0.466. The molecule has 0 aromatic carbocycles. The van der Waals surface area contributed by atoms with Gasteiger partial charge in [0.05, 0.1) is 11.7 Å². The van der Waals surface area contributed by atoms with Crippen LogP contribution >= 0.6 is 11.7 Å². The van der Waals surface area contributed by atoms with Gasteiger partial charge in [-0.1, -0.05) is 13.3 Å². The van der Waals surface area contributed by atoms with Crippen LogP contribution in [0.3, 0.4) is 0 Å². The zero-order chi connectivity index (χ0) is 13.8. The first-order chi connectivity index (χ1) is 9.33. The molecule has 1 heterocycles. The zero-order valence-corrected chi connectivity index (χ0v) is 12.2. The molecule has 1 unspecified atom stereocenters. The molecule has 1 aromatic rings. The molecule has 1 atom stereocenters. The molecular formula is C12H23N3O3S. The van der Waals surface area contributed by atoms with E-state index in [-0.39, 0.29) is 6.61 Å². The van der Waals surface area contributed by atoms with Crippen molar-refractivity contribution in [1.29, 1.82) is 0 Å². The van der Waals surface area contributed by atoms with Crippen LogP contribution in [0.2, 0.25) is 0 Å². The zero-order valence-electron chi connectivity index (χ0n) is 11.4. The monoisotopic (exact) mass is 289 g/mol. The quantitative estimate of drug-likeness (QED) is 0.561. The minimum absolute atomic E-state index is 0.228. The minimum Gasteiger partial charge on any atom is -0.473 e. The first-order valence-electron chi connectivity index (χ1n) is 6.69. The van der Waals surface area contributed by atoms with Crippen molar-refractivity contribution in [2.45, 2.75) is 32.3 Å². The van der Waals surface area contributed by atoms with E-state index in [0.29, 0.717) is 12.4 Å². The molecule has 7 heteroatoms. The summed E-state index contributed by atoms with van der Waals surface area (Å²) in [5, 5.41) is 12.8. The highest BCUT2D eigenvalue weighted by atomic mass is 32.1. The Bertz CT molecular complexity index is 298. The smallest absolute Gasteiger partial charge is 0.245 e. The second kappa shape index (κ2) is 11.1. The average Bonchev–Trinajstić information content (AvgIpc) is 2.93. The third kappa shape index (κ3) is 8.88. The van der Waals surface area contributed by atoms with Gasteiger partial charge in [0, 0.05) is 19.8 Å². The number of aromatic nitrogens is 2. The maximum atomic E-state index is 9.66. The van der Waals surface area contributed by atoms with Crippen LogP contribution in [0.15, 0.2) is 6.20 Å². The Labute approximate surface area is 118 Å². The number of aliphatic hydroxyl groups excluding tert-OH is 1. The minimum atomic E-state index is -0.539. The number of hydrogen-bond acceptors (Lipinski definition) is 7. The molecule has 0 aliphatic rings. The van der Waals surface area contributed by atoms with Crippen molar-refractivity contribution in [3.63, 3.8) is 0 Å². The van der Waals surface area contributed by atoms with Gasteiger partial charge in [0.25, 0.3) is 0 Å². The lowest BCUT2D eigenvalue weighted by molar-refractivity contribution is 0.101. The lowest BCUT2D eigenvalue weighted by Crippen LogP contribution is -2.32. The van der Waals surface area contributed by atoms with Gasteiger partial charge in [0.15, 0.2) is 0 Å². The predicted octanol–water partition coefficient (Wildman–Crippen LogP) is 1.07. The molecule has 0 spiro atoms. The number of rotatable bonds is 12. The van der Waals surface area contributed by atoms with E-state index in [1.54, 1.807) is 6.20 Å². The summed E-state index contributed by atoms with van der Waals surface area (Å²) >= 11 is 1.09. The first kappa shape index (κ1) is 16.3. The summed E-state index contributed by atoms with van der Waals surface area (Å²) in [4.78, 5) is 0. The van der Waals surface area contributed by atoms with Crippen LogP contribution in [0.1, 0.15) is 26.2 Å². The van der Waals surface area contributed by atoms with Crippen LogP contribution in [-0.4, -0.2) is 52.9 Å². The lowest BCUT2D eigenvalue weighted by atomic mass is 10.3. The van der Waals surface area contributed by atoms with Crippen molar-refractivity contribution in [3.05, 3.63) is 6.20 Å². The van der Waals surface area contributed by atoms with Crippen molar-refractivity contribution in [1.82, 2.24) is 14.1 Å². The Hall–Kier alpha value is -0.760. The molecule has 1 rings (SSSR count). The van der Waals surface area contributed by atoms with Gasteiger partial charge < -0.3 is 19.9 Å². The summed E-state index contributed by atoms with van der Waals surface area (Å²) in [6.07, 6.45) is 4.24. The first-order valence-corrected chi connectivity index (χ1v) is 7.42. The fraction of sp³-hybridized carbons (Fsp3) is 0.833. The van der Waals surface area contributed by atoms with Crippen molar-refractivity contribution >= 4 is 11.7 Å². The van der Waals surface area contributed by atoms with E-state index in [2.05, 4.69) is 21.0 Å². The van der Waals surface area contributed by atoms with Gasteiger partial charge in [-0.15, -0.1) is 4.37 Å². The van der Waals surface area contributed by atoms with Gasteiger partial charge in [-0.3, -0.25) is 0 Å². The third-order valence-electron chi connectivity index (χ3n) is 2.43. The highest BCUT2D eigenvalue weighted by molar-refractivity contribution is 6.99. The lowest BCUT2D eigenvalue weighted by Gasteiger charge is -2.11. The Kier molecular flexibility index (Phi) is 9.52. The van der Waals surface area contributed by atoms with E-state index in [4.69, 9.17) is 9.47 Å². The Balaban J connectivity index is 1.86. The molecule has 0 amide bonds. The molecule has 0 radical (unpaired) electrons. The molecule has 0 bridgehead atoms. The third-order valence-corrected chi connectivity index (χ3v) is 2.89. The van der Waals surface area contributed by atoms with Crippen LogP contribution in [-0.2, 0) is 4.74 Å². The number of hydrogen-bond donors (Lipinski definition) is 2. The molecule has 0 fully saturated rings. The Morgan fingerprint density at radius 3 is 3.00 bits per heavy atom. The largest absolute Gasteiger partial charge is 0.473 e. The normalized spacial score (nSPS) is 12.5. The summed E-state index contributed by atoms with van der Waals surface area (Å²) < 4.78 is 18.4. The van der Waals surface area contributed by atoms with Crippen molar-refractivity contribution in [3.8, 4) is 5.88 Å². The Morgan fingerprint density at radius 2 is 2.26 bits per heavy atom. The van der Waals surface area contributed by atoms with Crippen molar-refractivity contribution in [2.75, 3.05) is 32.9 Å². The maximum absolute atomic E-state index is 9.66. The summed E-state index contributed by atoms with van der Waals surface area (Å²) in [7, 11) is 0. The standard InChI is InChI=1S/C12H23N3O3S/c1-2-3-6-17-7-4-5-13-8-11(16)10-18-12-9-14-19-15-12/h9,11,13,16H,2-8,10H2,1H3. The molecule has 0 aliphatic carbocycles. The van der Waals surface area contributed by atoms with E-state index < -0.39 is 6.10 Å². The SMILES string of the molecule is CCCCOCCCNCC(O)COc1cnsn1. The van der Waals surface area contributed by atoms with Crippen LogP contribution in [0.25, 0.3) is 0 Å². The van der Waals surface area contributed by atoms with E-state index in [9.17, 15) is 5.11 Å². The molecule has 2 N–H and O–H groups in total. The van der Waals surface area contributed by atoms with Crippen LogP contribution < -0.4 is 10.1 Å². The van der Waals surface area contributed by atoms with E-state index >= 15 is 0 Å². The molecule has 0 saturated heterocycles.